The molecule has 0 amide bonds. The molecule has 1 atom stereocenters. The lowest BCUT2D eigenvalue weighted by atomic mass is 9.97. The maximum Gasteiger partial charge on any atom is 0.0476 e. The second-order valence-electron chi connectivity index (χ2n) is 6.48. The zero-order valence-corrected chi connectivity index (χ0v) is 12.2. The van der Waals surface area contributed by atoms with Crippen molar-refractivity contribution in [3.05, 3.63) is 34.9 Å². The van der Waals surface area contributed by atoms with Gasteiger partial charge in [0.15, 0.2) is 0 Å². The predicted molar refractivity (Wildman–Crippen MR) is 80.2 cm³/mol. The minimum Gasteiger partial charge on any atom is -0.329 e. The van der Waals surface area contributed by atoms with E-state index < -0.39 is 0 Å². The molecule has 2 nitrogen and oxygen atoms in total. The van der Waals surface area contributed by atoms with Gasteiger partial charge in [0.2, 0.25) is 0 Å². The first kappa shape index (κ1) is 13.1. The molecule has 2 N–H and O–H groups in total. The molecule has 104 valence electrons. The first-order valence-corrected chi connectivity index (χ1v) is 7.72. The van der Waals surface area contributed by atoms with E-state index in [0.717, 1.165) is 18.5 Å². The monoisotopic (exact) mass is 258 g/mol. The first-order chi connectivity index (χ1) is 9.19. The number of aryl methyl sites for hydroxylation is 2. The molecule has 1 unspecified atom stereocenters. The van der Waals surface area contributed by atoms with Crippen LogP contribution in [-0.2, 0) is 0 Å². The second-order valence-corrected chi connectivity index (χ2v) is 6.48. The summed E-state index contributed by atoms with van der Waals surface area (Å²) in [6.07, 6.45) is 5.59. The van der Waals surface area contributed by atoms with Gasteiger partial charge in [-0.3, -0.25) is 4.90 Å². The highest BCUT2D eigenvalue weighted by Gasteiger charge is 2.37. The Morgan fingerprint density at radius 2 is 1.95 bits per heavy atom. The summed E-state index contributed by atoms with van der Waals surface area (Å²) in [4.78, 5) is 2.70. The second kappa shape index (κ2) is 5.26. The van der Waals surface area contributed by atoms with Crippen LogP contribution in [0.25, 0.3) is 0 Å². The normalized spacial score (nSPS) is 20.8. The van der Waals surface area contributed by atoms with Crippen LogP contribution in [0.3, 0.4) is 0 Å². The molecular formula is C17H26N2. The van der Waals surface area contributed by atoms with E-state index in [1.54, 1.807) is 0 Å². The van der Waals surface area contributed by atoms with Crippen molar-refractivity contribution in [2.24, 2.45) is 11.7 Å². The van der Waals surface area contributed by atoms with E-state index in [1.807, 2.05) is 0 Å². The Bertz CT molecular complexity index is 447. The van der Waals surface area contributed by atoms with E-state index in [9.17, 15) is 0 Å². The van der Waals surface area contributed by atoms with Crippen LogP contribution in [0.4, 0.5) is 0 Å². The Morgan fingerprint density at radius 1 is 1.21 bits per heavy atom. The van der Waals surface area contributed by atoms with Gasteiger partial charge in [0.1, 0.15) is 0 Å². The van der Waals surface area contributed by atoms with Gasteiger partial charge in [0.05, 0.1) is 0 Å². The average Bonchev–Trinajstić information content (AvgIpc) is 3.25. The van der Waals surface area contributed by atoms with Gasteiger partial charge in [-0.25, -0.2) is 0 Å². The predicted octanol–water partition coefficient (Wildman–Crippen LogP) is 3.18. The molecule has 3 rings (SSSR count). The maximum atomic E-state index is 6.13. The Morgan fingerprint density at radius 3 is 2.47 bits per heavy atom. The molecule has 2 heteroatoms. The fourth-order valence-corrected chi connectivity index (χ4v) is 3.18. The third-order valence-corrected chi connectivity index (χ3v) is 4.59. The largest absolute Gasteiger partial charge is 0.329 e. The van der Waals surface area contributed by atoms with E-state index in [1.165, 1.54) is 48.9 Å². The molecular weight excluding hydrogens is 232 g/mol. The summed E-state index contributed by atoms with van der Waals surface area (Å²) in [7, 11) is 0. The van der Waals surface area contributed by atoms with Gasteiger partial charge in [-0.15, -0.1) is 0 Å². The van der Waals surface area contributed by atoms with Crippen molar-refractivity contribution in [3.8, 4) is 0 Å². The summed E-state index contributed by atoms with van der Waals surface area (Å²) in [6.45, 7) is 6.40. The number of rotatable bonds is 6. The van der Waals surface area contributed by atoms with E-state index in [4.69, 9.17) is 5.73 Å². The lowest BCUT2D eigenvalue weighted by Crippen LogP contribution is -2.37. The summed E-state index contributed by atoms with van der Waals surface area (Å²) in [6, 6.07) is 8.04. The topological polar surface area (TPSA) is 29.3 Å². The Hall–Kier alpha value is -0.860. The third kappa shape index (κ3) is 3.01. The fraction of sp³-hybridized carbons (Fsp3) is 0.647. The molecule has 0 heterocycles. The summed E-state index contributed by atoms with van der Waals surface area (Å²) in [5, 5.41) is 0. The molecule has 0 spiro atoms. The highest BCUT2D eigenvalue weighted by atomic mass is 15.2. The van der Waals surface area contributed by atoms with Crippen molar-refractivity contribution < 1.29 is 0 Å². The molecule has 2 aliphatic rings. The van der Waals surface area contributed by atoms with Gasteiger partial charge < -0.3 is 5.73 Å². The van der Waals surface area contributed by atoms with Gasteiger partial charge in [0.25, 0.3) is 0 Å². The highest BCUT2D eigenvalue weighted by Crippen LogP contribution is 2.39. The Balaban J connectivity index is 1.83. The van der Waals surface area contributed by atoms with Crippen LogP contribution in [0, 0.1) is 19.8 Å². The molecule has 0 bridgehead atoms. The lowest BCUT2D eigenvalue weighted by molar-refractivity contribution is 0.182. The van der Waals surface area contributed by atoms with Gasteiger partial charge in [-0.2, -0.15) is 0 Å². The lowest BCUT2D eigenvalue weighted by Gasteiger charge is -2.32. The summed E-state index contributed by atoms with van der Waals surface area (Å²) in [5.74, 6) is 0.945. The summed E-state index contributed by atoms with van der Waals surface area (Å²) < 4.78 is 0. The zero-order chi connectivity index (χ0) is 13.4. The molecule has 2 saturated carbocycles. The maximum absolute atomic E-state index is 6.13. The van der Waals surface area contributed by atoms with E-state index in [0.29, 0.717) is 6.04 Å². The Labute approximate surface area is 117 Å². The van der Waals surface area contributed by atoms with Crippen molar-refractivity contribution in [2.45, 2.75) is 51.6 Å². The van der Waals surface area contributed by atoms with Crippen molar-refractivity contribution in [1.29, 1.82) is 0 Å². The van der Waals surface area contributed by atoms with Gasteiger partial charge in [-0.05, 0) is 56.6 Å². The minimum absolute atomic E-state index is 0.425. The molecule has 0 aromatic heterocycles. The molecule has 1 aromatic carbocycles. The molecule has 0 saturated heterocycles. The molecule has 2 aliphatic carbocycles. The quantitative estimate of drug-likeness (QED) is 0.849. The Kier molecular flexibility index (Phi) is 3.64. The number of benzene rings is 1. The minimum atomic E-state index is 0.425. The third-order valence-electron chi connectivity index (χ3n) is 4.59. The SMILES string of the molecule is Cc1ccc(C(CN)N(CC2CC2)C2CC2)c(C)c1. The van der Waals surface area contributed by atoms with Crippen LogP contribution in [0.15, 0.2) is 18.2 Å². The van der Waals surface area contributed by atoms with Crippen molar-refractivity contribution >= 4 is 0 Å². The van der Waals surface area contributed by atoms with Crippen LogP contribution in [0.1, 0.15) is 48.4 Å². The number of hydrogen-bond acceptors (Lipinski definition) is 2. The summed E-state index contributed by atoms with van der Waals surface area (Å²) >= 11 is 0. The first-order valence-electron chi connectivity index (χ1n) is 7.72. The number of nitrogens with two attached hydrogens (primary N) is 1. The fourth-order valence-electron chi connectivity index (χ4n) is 3.18. The zero-order valence-electron chi connectivity index (χ0n) is 12.2. The van der Waals surface area contributed by atoms with Crippen molar-refractivity contribution in [3.63, 3.8) is 0 Å². The van der Waals surface area contributed by atoms with Crippen LogP contribution in [-0.4, -0.2) is 24.0 Å². The van der Waals surface area contributed by atoms with Crippen LogP contribution in [0.5, 0.6) is 0 Å². The van der Waals surface area contributed by atoms with Crippen molar-refractivity contribution in [2.75, 3.05) is 13.1 Å². The van der Waals surface area contributed by atoms with Crippen LogP contribution < -0.4 is 5.73 Å². The summed E-state index contributed by atoms with van der Waals surface area (Å²) in [5.41, 5.74) is 10.3. The van der Waals surface area contributed by atoms with Crippen LogP contribution >= 0.6 is 0 Å². The van der Waals surface area contributed by atoms with Crippen LogP contribution in [0.2, 0.25) is 0 Å². The molecule has 0 aliphatic heterocycles. The molecule has 1 aromatic rings. The number of hydrogen-bond donors (Lipinski definition) is 1. The van der Waals surface area contributed by atoms with Crippen molar-refractivity contribution in [1.82, 2.24) is 4.90 Å². The van der Waals surface area contributed by atoms with E-state index >= 15 is 0 Å². The average molecular weight is 258 g/mol. The van der Waals surface area contributed by atoms with E-state index in [-0.39, 0.29) is 0 Å². The highest BCUT2D eigenvalue weighted by molar-refractivity contribution is 5.33. The molecule has 2 fully saturated rings. The van der Waals surface area contributed by atoms with Gasteiger partial charge in [0, 0.05) is 25.2 Å². The van der Waals surface area contributed by atoms with Gasteiger partial charge >= 0.3 is 0 Å². The number of nitrogens with zero attached hydrogens (tertiary/aromatic N) is 1. The standard InChI is InChI=1S/C17H26N2/c1-12-3-8-16(13(2)9-12)17(10-18)19(15-6-7-15)11-14-4-5-14/h3,8-9,14-15,17H,4-7,10-11,18H2,1-2H3. The van der Waals surface area contributed by atoms with Gasteiger partial charge in [-0.1, -0.05) is 23.8 Å². The van der Waals surface area contributed by atoms with E-state index in [2.05, 4.69) is 36.9 Å². The molecule has 19 heavy (non-hydrogen) atoms. The molecule has 0 radical (unpaired) electrons. The smallest absolute Gasteiger partial charge is 0.0476 e.